The lowest BCUT2D eigenvalue weighted by atomic mass is 10.1. The number of amides is 1. The third kappa shape index (κ3) is 6.87. The molecule has 6 heteroatoms. The highest BCUT2D eigenvalue weighted by atomic mass is 16.5. The highest BCUT2D eigenvalue weighted by Crippen LogP contribution is 2.03. The summed E-state index contributed by atoms with van der Waals surface area (Å²) in [5, 5.41) is 2.94. The Hall–Kier alpha value is -0.690. The van der Waals surface area contributed by atoms with Crippen molar-refractivity contribution in [1.29, 1.82) is 0 Å². The van der Waals surface area contributed by atoms with Crippen LogP contribution in [0.3, 0.4) is 0 Å². The SMILES string of the molecule is COC(CN)CC(=O)NCC(C)CN1CCOCC1. The van der Waals surface area contributed by atoms with Crippen LogP contribution in [0.25, 0.3) is 0 Å². The Morgan fingerprint density at radius 1 is 1.47 bits per heavy atom. The summed E-state index contributed by atoms with van der Waals surface area (Å²) in [7, 11) is 1.58. The number of nitrogens with two attached hydrogens (primary N) is 1. The average molecular weight is 273 g/mol. The van der Waals surface area contributed by atoms with Gasteiger partial charge in [0.05, 0.1) is 25.7 Å². The summed E-state index contributed by atoms with van der Waals surface area (Å²) in [6.07, 6.45) is 0.145. The van der Waals surface area contributed by atoms with Gasteiger partial charge >= 0.3 is 0 Å². The van der Waals surface area contributed by atoms with Crippen LogP contribution in [0, 0.1) is 5.92 Å². The van der Waals surface area contributed by atoms with E-state index in [0.717, 1.165) is 32.8 Å². The zero-order chi connectivity index (χ0) is 14.1. The van der Waals surface area contributed by atoms with Gasteiger partial charge in [0.2, 0.25) is 5.91 Å². The predicted molar refractivity (Wildman–Crippen MR) is 73.9 cm³/mol. The molecular weight excluding hydrogens is 246 g/mol. The van der Waals surface area contributed by atoms with E-state index in [4.69, 9.17) is 15.2 Å². The number of carbonyl (C=O) groups is 1. The largest absolute Gasteiger partial charge is 0.380 e. The van der Waals surface area contributed by atoms with Gasteiger partial charge < -0.3 is 20.5 Å². The van der Waals surface area contributed by atoms with Gasteiger partial charge in [0.25, 0.3) is 0 Å². The molecule has 1 amide bonds. The molecule has 2 unspecified atom stereocenters. The van der Waals surface area contributed by atoms with E-state index in [1.165, 1.54) is 0 Å². The average Bonchev–Trinajstić information content (AvgIpc) is 2.43. The number of hydrogen-bond acceptors (Lipinski definition) is 5. The fourth-order valence-corrected chi connectivity index (χ4v) is 2.12. The third-order valence-corrected chi connectivity index (χ3v) is 3.33. The predicted octanol–water partition coefficient (Wildman–Crippen LogP) is -0.565. The Morgan fingerprint density at radius 2 is 2.16 bits per heavy atom. The van der Waals surface area contributed by atoms with Crippen LogP contribution in [0.2, 0.25) is 0 Å². The van der Waals surface area contributed by atoms with Crippen molar-refractivity contribution in [2.24, 2.45) is 11.7 Å². The summed E-state index contributed by atoms with van der Waals surface area (Å²) in [5.41, 5.74) is 5.49. The Balaban J connectivity index is 2.14. The normalized spacial score (nSPS) is 19.9. The fourth-order valence-electron chi connectivity index (χ4n) is 2.12. The van der Waals surface area contributed by atoms with Gasteiger partial charge in [-0.25, -0.2) is 0 Å². The Morgan fingerprint density at radius 3 is 2.74 bits per heavy atom. The second-order valence-electron chi connectivity index (χ2n) is 5.12. The quantitative estimate of drug-likeness (QED) is 0.619. The standard InChI is InChI=1S/C13H27N3O3/c1-11(10-16-3-5-19-6-4-16)9-15-13(17)7-12(8-14)18-2/h11-12H,3-10,14H2,1-2H3,(H,15,17). The molecule has 0 aromatic carbocycles. The topological polar surface area (TPSA) is 76.8 Å². The smallest absolute Gasteiger partial charge is 0.222 e. The number of nitrogens with one attached hydrogen (secondary N) is 1. The van der Waals surface area contributed by atoms with Gasteiger partial charge in [0.1, 0.15) is 0 Å². The van der Waals surface area contributed by atoms with Crippen LogP contribution in [-0.4, -0.2) is 70.0 Å². The molecule has 1 rings (SSSR count). The van der Waals surface area contributed by atoms with Crippen LogP contribution in [0.5, 0.6) is 0 Å². The molecule has 0 spiro atoms. The number of hydrogen-bond donors (Lipinski definition) is 2. The van der Waals surface area contributed by atoms with Crippen LogP contribution in [-0.2, 0) is 14.3 Å². The molecule has 1 aliphatic heterocycles. The van der Waals surface area contributed by atoms with Gasteiger partial charge in [0.15, 0.2) is 0 Å². The molecule has 2 atom stereocenters. The minimum atomic E-state index is -0.186. The van der Waals surface area contributed by atoms with Gasteiger partial charge in [0, 0.05) is 39.8 Å². The molecule has 6 nitrogen and oxygen atoms in total. The molecule has 0 aliphatic carbocycles. The van der Waals surface area contributed by atoms with Gasteiger partial charge in [-0.2, -0.15) is 0 Å². The minimum absolute atomic E-state index is 0.00567. The molecule has 0 aromatic heterocycles. The summed E-state index contributed by atoms with van der Waals surface area (Å²) in [6, 6.07) is 0. The van der Waals surface area contributed by atoms with E-state index in [9.17, 15) is 4.79 Å². The van der Waals surface area contributed by atoms with E-state index in [0.29, 0.717) is 25.4 Å². The first kappa shape index (κ1) is 16.4. The second kappa shape index (κ2) is 9.25. The van der Waals surface area contributed by atoms with Crippen molar-refractivity contribution >= 4 is 5.91 Å². The van der Waals surface area contributed by atoms with Crippen molar-refractivity contribution in [1.82, 2.24) is 10.2 Å². The lowest BCUT2D eigenvalue weighted by Gasteiger charge is -2.29. The van der Waals surface area contributed by atoms with Crippen molar-refractivity contribution in [3.63, 3.8) is 0 Å². The summed E-state index contributed by atoms with van der Waals surface area (Å²) >= 11 is 0. The van der Waals surface area contributed by atoms with E-state index in [1.807, 2.05) is 0 Å². The first-order valence-electron chi connectivity index (χ1n) is 6.95. The molecule has 19 heavy (non-hydrogen) atoms. The van der Waals surface area contributed by atoms with E-state index >= 15 is 0 Å². The van der Waals surface area contributed by atoms with Gasteiger partial charge in [-0.3, -0.25) is 9.69 Å². The number of methoxy groups -OCH3 is 1. The van der Waals surface area contributed by atoms with Crippen LogP contribution < -0.4 is 11.1 Å². The van der Waals surface area contributed by atoms with Gasteiger partial charge in [-0.1, -0.05) is 6.92 Å². The molecule has 112 valence electrons. The molecule has 0 aromatic rings. The maximum atomic E-state index is 11.7. The summed E-state index contributed by atoms with van der Waals surface area (Å²) in [6.45, 7) is 7.79. The molecule has 0 saturated carbocycles. The van der Waals surface area contributed by atoms with Crippen molar-refractivity contribution in [3.05, 3.63) is 0 Å². The first-order chi connectivity index (χ1) is 9.15. The Kier molecular flexibility index (Phi) is 7.97. The number of ether oxygens (including phenoxy) is 2. The van der Waals surface area contributed by atoms with Gasteiger partial charge in [-0.05, 0) is 5.92 Å². The van der Waals surface area contributed by atoms with Crippen molar-refractivity contribution < 1.29 is 14.3 Å². The third-order valence-electron chi connectivity index (χ3n) is 3.33. The number of carbonyl (C=O) groups excluding carboxylic acids is 1. The zero-order valence-corrected chi connectivity index (χ0v) is 12.1. The number of morpholine rings is 1. The monoisotopic (exact) mass is 273 g/mol. The lowest BCUT2D eigenvalue weighted by Crippen LogP contribution is -2.42. The Bertz CT molecular complexity index is 254. The summed E-state index contributed by atoms with van der Waals surface area (Å²) < 4.78 is 10.4. The molecule has 1 aliphatic rings. The fraction of sp³-hybridized carbons (Fsp3) is 0.923. The molecular formula is C13H27N3O3. The van der Waals surface area contributed by atoms with E-state index in [2.05, 4.69) is 17.1 Å². The molecule has 3 N–H and O–H groups in total. The zero-order valence-electron chi connectivity index (χ0n) is 12.1. The second-order valence-corrected chi connectivity index (χ2v) is 5.12. The van der Waals surface area contributed by atoms with Crippen molar-refractivity contribution in [3.8, 4) is 0 Å². The minimum Gasteiger partial charge on any atom is -0.380 e. The van der Waals surface area contributed by atoms with Crippen LogP contribution in [0.15, 0.2) is 0 Å². The summed E-state index contributed by atoms with van der Waals surface area (Å²) in [4.78, 5) is 14.1. The van der Waals surface area contributed by atoms with E-state index in [-0.39, 0.29) is 12.0 Å². The molecule has 1 heterocycles. The molecule has 0 bridgehead atoms. The Labute approximate surface area is 115 Å². The lowest BCUT2D eigenvalue weighted by molar-refractivity contribution is -0.123. The first-order valence-corrected chi connectivity index (χ1v) is 6.95. The highest BCUT2D eigenvalue weighted by Gasteiger charge is 2.15. The summed E-state index contributed by atoms with van der Waals surface area (Å²) in [5.74, 6) is 0.437. The van der Waals surface area contributed by atoms with E-state index < -0.39 is 0 Å². The maximum Gasteiger partial charge on any atom is 0.222 e. The number of nitrogens with zero attached hydrogens (tertiary/aromatic N) is 1. The maximum absolute atomic E-state index is 11.7. The highest BCUT2D eigenvalue weighted by molar-refractivity contribution is 5.76. The van der Waals surface area contributed by atoms with E-state index in [1.54, 1.807) is 7.11 Å². The van der Waals surface area contributed by atoms with Crippen LogP contribution >= 0.6 is 0 Å². The van der Waals surface area contributed by atoms with Crippen LogP contribution in [0.1, 0.15) is 13.3 Å². The number of rotatable bonds is 8. The van der Waals surface area contributed by atoms with Crippen LogP contribution in [0.4, 0.5) is 0 Å². The van der Waals surface area contributed by atoms with Gasteiger partial charge in [-0.15, -0.1) is 0 Å². The molecule has 0 radical (unpaired) electrons. The van der Waals surface area contributed by atoms with Crippen molar-refractivity contribution in [2.75, 3.05) is 53.0 Å². The van der Waals surface area contributed by atoms with Crippen molar-refractivity contribution in [2.45, 2.75) is 19.4 Å². The molecule has 1 fully saturated rings. The molecule has 1 saturated heterocycles.